The molecule has 234 valence electrons. The molecule has 2 N–H and O–H groups in total. The molecule has 10 rings (SSSR count). The quantitative estimate of drug-likeness (QED) is 0.186. The molecule has 0 radical (unpaired) electrons. The van der Waals surface area contributed by atoms with Crippen molar-refractivity contribution in [1.82, 2.24) is 9.13 Å². The van der Waals surface area contributed by atoms with E-state index in [0.29, 0.717) is 11.4 Å². The minimum Gasteiger partial charge on any atom is -0.423 e. The van der Waals surface area contributed by atoms with Gasteiger partial charge in [0.25, 0.3) is 0 Å². The van der Waals surface area contributed by atoms with Gasteiger partial charge in [-0.2, -0.15) is 0 Å². The van der Waals surface area contributed by atoms with Crippen LogP contribution in [0.5, 0.6) is 0 Å². The van der Waals surface area contributed by atoms with Crippen LogP contribution in [0, 0.1) is 0 Å². The molecular weight excluding hydrogens is 619 g/mol. The number of thiophene rings is 1. The Morgan fingerprint density at radius 1 is 0.612 bits per heavy atom. The van der Waals surface area contributed by atoms with E-state index in [1.54, 1.807) is 11.3 Å². The molecule has 49 heavy (non-hydrogen) atoms. The fourth-order valence-corrected chi connectivity index (χ4v) is 9.35. The number of aromatic nitrogens is 2. The first-order valence-electron chi connectivity index (χ1n) is 16.8. The molecule has 0 saturated carbocycles. The highest BCUT2D eigenvalue weighted by Crippen LogP contribution is 2.43. The molecule has 9 aromatic rings. The molecule has 4 nitrogen and oxygen atoms in total. The SMILES string of the molecule is CC1CC=Cc2c1c1ccc(-c3ccc4c5ccccc5n(-c5ccccc5)c4c3)cc1n2-c1cc(B(O)O)c2sc3ccccc3c2c1. The van der Waals surface area contributed by atoms with E-state index < -0.39 is 7.12 Å². The average molecular weight is 651 g/mol. The summed E-state index contributed by atoms with van der Waals surface area (Å²) in [6.45, 7) is 2.30. The van der Waals surface area contributed by atoms with Crippen molar-refractivity contribution in [2.75, 3.05) is 0 Å². The molecule has 0 amide bonds. The molecule has 6 aromatic carbocycles. The van der Waals surface area contributed by atoms with Gasteiger partial charge in [0.2, 0.25) is 0 Å². The first kappa shape index (κ1) is 28.6. The van der Waals surface area contributed by atoms with E-state index in [-0.39, 0.29) is 0 Å². The first-order chi connectivity index (χ1) is 24.0. The summed E-state index contributed by atoms with van der Waals surface area (Å²) >= 11 is 1.61. The number of nitrogens with zero attached hydrogens (tertiary/aromatic N) is 2. The zero-order valence-electron chi connectivity index (χ0n) is 26.8. The topological polar surface area (TPSA) is 50.3 Å². The Kier molecular flexibility index (Phi) is 6.31. The second-order valence-corrected chi connectivity index (χ2v) is 14.3. The van der Waals surface area contributed by atoms with Gasteiger partial charge in [-0.25, -0.2) is 0 Å². The zero-order chi connectivity index (χ0) is 32.8. The second kappa shape index (κ2) is 10.8. The molecule has 1 aliphatic rings. The van der Waals surface area contributed by atoms with Crippen LogP contribution in [0.1, 0.15) is 30.5 Å². The molecule has 0 bridgehead atoms. The van der Waals surface area contributed by atoms with Crippen LogP contribution in [-0.2, 0) is 0 Å². The van der Waals surface area contributed by atoms with Crippen molar-refractivity contribution < 1.29 is 10.0 Å². The molecule has 0 spiro atoms. The molecule has 1 atom stereocenters. The van der Waals surface area contributed by atoms with Crippen LogP contribution in [0.2, 0.25) is 0 Å². The third-order valence-electron chi connectivity index (χ3n) is 10.4. The first-order valence-corrected chi connectivity index (χ1v) is 17.6. The Hall–Kier alpha value is -5.40. The Morgan fingerprint density at radius 2 is 1.29 bits per heavy atom. The third-order valence-corrected chi connectivity index (χ3v) is 11.6. The van der Waals surface area contributed by atoms with Gasteiger partial charge in [0.05, 0.1) is 16.6 Å². The van der Waals surface area contributed by atoms with Crippen molar-refractivity contribution >= 4 is 82.9 Å². The van der Waals surface area contributed by atoms with Crippen LogP contribution >= 0.6 is 11.3 Å². The minimum absolute atomic E-state index is 0.362. The fraction of sp³-hybridized carbons (Fsp3) is 0.0698. The van der Waals surface area contributed by atoms with Gasteiger partial charge in [0, 0.05) is 58.9 Å². The van der Waals surface area contributed by atoms with Crippen molar-refractivity contribution in [2.24, 2.45) is 0 Å². The van der Waals surface area contributed by atoms with E-state index >= 15 is 0 Å². The monoisotopic (exact) mass is 650 g/mol. The zero-order valence-corrected chi connectivity index (χ0v) is 27.7. The molecule has 1 unspecified atom stereocenters. The summed E-state index contributed by atoms with van der Waals surface area (Å²) in [5.74, 6) is 0.362. The van der Waals surface area contributed by atoms with Crippen molar-refractivity contribution in [1.29, 1.82) is 0 Å². The smallest absolute Gasteiger partial charge is 0.423 e. The van der Waals surface area contributed by atoms with Crippen LogP contribution < -0.4 is 5.46 Å². The maximum absolute atomic E-state index is 10.6. The molecule has 6 heteroatoms. The lowest BCUT2D eigenvalue weighted by Gasteiger charge is -2.17. The molecule has 3 aromatic heterocycles. The van der Waals surface area contributed by atoms with E-state index in [9.17, 15) is 10.0 Å². The Labute approximate surface area is 287 Å². The molecule has 3 heterocycles. The number of hydrogen-bond acceptors (Lipinski definition) is 3. The van der Waals surface area contributed by atoms with Crippen LogP contribution in [0.15, 0.2) is 133 Å². The van der Waals surface area contributed by atoms with E-state index in [1.165, 1.54) is 32.8 Å². The fourth-order valence-electron chi connectivity index (χ4n) is 8.14. The number of allylic oxidation sites excluding steroid dienone is 1. The summed E-state index contributed by atoms with van der Waals surface area (Å²) in [4.78, 5) is 0. The molecule has 0 aliphatic heterocycles. The average Bonchev–Trinajstić information content (AvgIpc) is 3.79. The van der Waals surface area contributed by atoms with Gasteiger partial charge in [-0.1, -0.05) is 91.9 Å². The summed E-state index contributed by atoms with van der Waals surface area (Å²) in [5.41, 5.74) is 10.9. The number of hydrogen-bond donors (Lipinski definition) is 2. The highest BCUT2D eigenvalue weighted by Gasteiger charge is 2.26. The van der Waals surface area contributed by atoms with Gasteiger partial charge in [-0.05, 0) is 83.6 Å². The van der Waals surface area contributed by atoms with Crippen molar-refractivity contribution in [3.05, 3.63) is 145 Å². The lowest BCUT2D eigenvalue weighted by molar-refractivity contribution is 0.426. The van der Waals surface area contributed by atoms with E-state index in [0.717, 1.165) is 60.3 Å². The summed E-state index contributed by atoms with van der Waals surface area (Å²) in [7, 11) is -1.58. The molecule has 1 aliphatic carbocycles. The predicted molar refractivity (Wildman–Crippen MR) is 208 cm³/mol. The summed E-state index contributed by atoms with van der Waals surface area (Å²) in [5, 5.41) is 27.1. The third kappa shape index (κ3) is 4.25. The number of benzene rings is 6. The maximum atomic E-state index is 10.6. The Bertz CT molecular complexity index is 2810. The Morgan fingerprint density at radius 3 is 2.08 bits per heavy atom. The van der Waals surface area contributed by atoms with Crippen LogP contribution in [0.4, 0.5) is 0 Å². The second-order valence-electron chi connectivity index (χ2n) is 13.2. The van der Waals surface area contributed by atoms with Gasteiger partial charge < -0.3 is 19.2 Å². The van der Waals surface area contributed by atoms with E-state index in [4.69, 9.17) is 0 Å². The maximum Gasteiger partial charge on any atom is 0.489 e. The van der Waals surface area contributed by atoms with E-state index in [2.05, 4.69) is 137 Å². The number of rotatable bonds is 4. The van der Waals surface area contributed by atoms with E-state index in [1.807, 2.05) is 18.2 Å². The molecular formula is C43H31BN2O2S. The van der Waals surface area contributed by atoms with Gasteiger partial charge in [0.15, 0.2) is 0 Å². The van der Waals surface area contributed by atoms with Crippen molar-refractivity contribution in [3.8, 4) is 22.5 Å². The van der Waals surface area contributed by atoms with Gasteiger partial charge in [-0.3, -0.25) is 0 Å². The van der Waals surface area contributed by atoms with Crippen LogP contribution in [0.3, 0.4) is 0 Å². The molecule has 0 fully saturated rings. The Balaban J connectivity index is 1.24. The number of fused-ring (bicyclic) bond motifs is 9. The van der Waals surface area contributed by atoms with Gasteiger partial charge >= 0.3 is 7.12 Å². The van der Waals surface area contributed by atoms with Gasteiger partial charge in [0.1, 0.15) is 0 Å². The largest absolute Gasteiger partial charge is 0.489 e. The summed E-state index contributed by atoms with van der Waals surface area (Å²) in [6, 6.07) is 45.4. The van der Waals surface area contributed by atoms with Crippen LogP contribution in [-0.4, -0.2) is 26.3 Å². The van der Waals surface area contributed by atoms with Crippen molar-refractivity contribution in [3.63, 3.8) is 0 Å². The van der Waals surface area contributed by atoms with Gasteiger partial charge in [-0.15, -0.1) is 11.3 Å². The standard InChI is InChI=1S/C43H31BN2O2S/c1-26-10-9-16-38-42(26)34-21-19-28(27-18-20-32-31-13-5-7-15-37(31)45(39(32)22-27)29-11-3-2-4-12-29)23-40(34)46(38)30-24-35-33-14-6-8-17-41(33)49-43(35)36(25-30)44(47)48/h2-9,11-26,47-48H,10H2,1H3. The normalized spacial score (nSPS) is 14.5. The highest BCUT2D eigenvalue weighted by molar-refractivity contribution is 7.27. The minimum atomic E-state index is -1.58. The summed E-state index contributed by atoms with van der Waals surface area (Å²) in [6.07, 6.45) is 5.49. The highest BCUT2D eigenvalue weighted by atomic mass is 32.1. The predicted octanol–water partition coefficient (Wildman–Crippen LogP) is 9.96. The summed E-state index contributed by atoms with van der Waals surface area (Å²) < 4.78 is 6.74. The molecule has 0 saturated heterocycles. The lowest BCUT2D eigenvalue weighted by Crippen LogP contribution is -2.30. The van der Waals surface area contributed by atoms with Crippen molar-refractivity contribution in [2.45, 2.75) is 19.3 Å². The lowest BCUT2D eigenvalue weighted by atomic mass is 9.79. The van der Waals surface area contributed by atoms with Crippen LogP contribution in [0.25, 0.3) is 81.5 Å². The number of para-hydroxylation sites is 2.